The van der Waals surface area contributed by atoms with Gasteiger partial charge in [0.2, 0.25) is 5.95 Å². The molecule has 1 N–H and O–H groups in total. The Morgan fingerprint density at radius 1 is 1.00 bits per heavy atom. The van der Waals surface area contributed by atoms with Gasteiger partial charge >= 0.3 is 0 Å². The Hall–Kier alpha value is -2.15. The van der Waals surface area contributed by atoms with Crippen molar-refractivity contribution in [2.75, 3.05) is 23.7 Å². The van der Waals surface area contributed by atoms with Gasteiger partial charge in [0.1, 0.15) is 0 Å². The van der Waals surface area contributed by atoms with E-state index in [0.717, 1.165) is 5.56 Å². The molecule has 0 aliphatic carbocycles. The lowest BCUT2D eigenvalue weighted by atomic mass is 10.2. The van der Waals surface area contributed by atoms with Crippen molar-refractivity contribution in [3.8, 4) is 0 Å². The second-order valence-electron chi connectivity index (χ2n) is 5.84. The van der Waals surface area contributed by atoms with E-state index in [0.29, 0.717) is 28.6 Å². The lowest BCUT2D eigenvalue weighted by Gasteiger charge is -2.17. The minimum absolute atomic E-state index is 0.271. The molecule has 0 aliphatic rings. The molecule has 0 amide bonds. The minimum Gasteiger partial charge on any atom is -0.347 e. The van der Waals surface area contributed by atoms with Crippen molar-refractivity contribution in [1.82, 2.24) is 9.97 Å². The van der Waals surface area contributed by atoms with Gasteiger partial charge in [0.25, 0.3) is 10.0 Å². The van der Waals surface area contributed by atoms with E-state index in [4.69, 9.17) is 0 Å². The van der Waals surface area contributed by atoms with Crippen molar-refractivity contribution >= 4 is 21.7 Å². The van der Waals surface area contributed by atoms with Gasteiger partial charge in [-0.2, -0.15) is 0 Å². The minimum atomic E-state index is -3.69. The summed E-state index contributed by atoms with van der Waals surface area (Å²) < 4.78 is 28.1. The molecule has 7 heteroatoms. The highest BCUT2D eigenvalue weighted by Crippen LogP contribution is 2.25. The SMILES string of the molecule is Cc1ccc(C)c(S(=O)(=O)Nc2c(C)nc(N(C)C)nc2C)c1. The zero-order valence-electron chi connectivity index (χ0n) is 14.3. The summed E-state index contributed by atoms with van der Waals surface area (Å²) in [6.45, 7) is 7.18. The number of nitrogens with one attached hydrogen (secondary N) is 1. The number of nitrogens with zero attached hydrogens (tertiary/aromatic N) is 3. The summed E-state index contributed by atoms with van der Waals surface area (Å²) in [5, 5.41) is 0. The van der Waals surface area contributed by atoms with Gasteiger partial charge in [-0.25, -0.2) is 18.4 Å². The first kappa shape index (κ1) is 17.2. The molecule has 1 heterocycles. The zero-order chi connectivity index (χ0) is 17.4. The number of rotatable bonds is 4. The topological polar surface area (TPSA) is 75.2 Å². The largest absolute Gasteiger partial charge is 0.347 e. The Labute approximate surface area is 137 Å². The van der Waals surface area contributed by atoms with Crippen LogP contribution in [-0.4, -0.2) is 32.5 Å². The Bertz CT molecular complexity index is 822. The monoisotopic (exact) mass is 334 g/mol. The molecule has 1 aromatic heterocycles. The molecule has 0 unspecified atom stereocenters. The van der Waals surface area contributed by atoms with E-state index < -0.39 is 10.0 Å². The van der Waals surface area contributed by atoms with Crippen LogP contribution in [-0.2, 0) is 10.0 Å². The molecule has 1 aromatic carbocycles. The van der Waals surface area contributed by atoms with Gasteiger partial charge in [-0.15, -0.1) is 0 Å². The number of anilines is 2. The van der Waals surface area contributed by atoms with Crippen molar-refractivity contribution in [3.05, 3.63) is 40.7 Å². The van der Waals surface area contributed by atoms with Crippen molar-refractivity contribution in [1.29, 1.82) is 0 Å². The van der Waals surface area contributed by atoms with Crippen LogP contribution in [0.4, 0.5) is 11.6 Å². The maximum absolute atomic E-state index is 12.7. The Kier molecular flexibility index (Phi) is 4.61. The van der Waals surface area contributed by atoms with Crippen LogP contribution in [0.15, 0.2) is 23.1 Å². The third-order valence-electron chi connectivity index (χ3n) is 3.53. The van der Waals surface area contributed by atoms with Crippen LogP contribution >= 0.6 is 0 Å². The molecule has 2 rings (SSSR count). The van der Waals surface area contributed by atoms with E-state index in [9.17, 15) is 8.42 Å². The smallest absolute Gasteiger partial charge is 0.262 e. The Morgan fingerprint density at radius 2 is 1.57 bits per heavy atom. The first-order chi connectivity index (χ1) is 10.6. The standard InChI is InChI=1S/C16H22N4O2S/c1-10-7-8-11(2)14(9-10)23(21,22)19-15-12(3)17-16(20(5)6)18-13(15)4/h7-9,19H,1-6H3. The van der Waals surface area contributed by atoms with E-state index in [1.165, 1.54) is 0 Å². The molecule has 0 spiro atoms. The maximum Gasteiger partial charge on any atom is 0.262 e. The molecule has 0 radical (unpaired) electrons. The van der Waals surface area contributed by atoms with Crippen LogP contribution in [0.3, 0.4) is 0 Å². The molecule has 0 bridgehead atoms. The van der Waals surface area contributed by atoms with Crippen molar-refractivity contribution in [3.63, 3.8) is 0 Å². The van der Waals surface area contributed by atoms with Crippen LogP contribution in [0.2, 0.25) is 0 Å². The highest BCUT2D eigenvalue weighted by molar-refractivity contribution is 7.92. The number of hydrogen-bond donors (Lipinski definition) is 1. The van der Waals surface area contributed by atoms with Gasteiger partial charge in [0.05, 0.1) is 22.0 Å². The molecule has 0 saturated heterocycles. The van der Waals surface area contributed by atoms with Gasteiger partial charge < -0.3 is 4.90 Å². The van der Waals surface area contributed by atoms with Crippen LogP contribution in [0.5, 0.6) is 0 Å². The van der Waals surface area contributed by atoms with Gasteiger partial charge in [0, 0.05) is 14.1 Å². The molecule has 0 aliphatic heterocycles. The molecule has 0 atom stereocenters. The van der Waals surface area contributed by atoms with E-state index >= 15 is 0 Å². The molecule has 2 aromatic rings. The molecule has 23 heavy (non-hydrogen) atoms. The van der Waals surface area contributed by atoms with Crippen LogP contribution in [0.1, 0.15) is 22.5 Å². The number of aryl methyl sites for hydroxylation is 4. The fourth-order valence-electron chi connectivity index (χ4n) is 2.23. The van der Waals surface area contributed by atoms with Crippen LogP contribution in [0.25, 0.3) is 0 Å². The molecule has 0 saturated carbocycles. The molecular formula is C16H22N4O2S. The summed E-state index contributed by atoms with van der Waals surface area (Å²) in [5.41, 5.74) is 3.20. The van der Waals surface area contributed by atoms with E-state index in [1.54, 1.807) is 37.8 Å². The van der Waals surface area contributed by atoms with Crippen LogP contribution in [0, 0.1) is 27.7 Å². The van der Waals surface area contributed by atoms with Crippen molar-refractivity contribution < 1.29 is 8.42 Å². The summed E-state index contributed by atoms with van der Waals surface area (Å²) >= 11 is 0. The molecule has 0 fully saturated rings. The summed E-state index contributed by atoms with van der Waals surface area (Å²) in [7, 11) is -0.00534. The third kappa shape index (κ3) is 3.61. The average Bonchev–Trinajstić information content (AvgIpc) is 2.45. The van der Waals surface area contributed by atoms with Crippen LogP contribution < -0.4 is 9.62 Å². The normalized spacial score (nSPS) is 11.4. The van der Waals surface area contributed by atoms with E-state index in [-0.39, 0.29) is 4.90 Å². The second-order valence-corrected chi connectivity index (χ2v) is 7.49. The fraction of sp³-hybridized carbons (Fsp3) is 0.375. The third-order valence-corrected chi connectivity index (χ3v) is 5.02. The number of benzene rings is 1. The summed E-state index contributed by atoms with van der Waals surface area (Å²) in [5.74, 6) is 0.551. The zero-order valence-corrected chi connectivity index (χ0v) is 15.1. The lowest BCUT2D eigenvalue weighted by Crippen LogP contribution is -2.19. The molecular weight excluding hydrogens is 312 g/mol. The summed E-state index contributed by atoms with van der Waals surface area (Å²) in [4.78, 5) is 10.7. The van der Waals surface area contributed by atoms with Gasteiger partial charge in [0.15, 0.2) is 0 Å². The Balaban J connectivity index is 2.48. The first-order valence-electron chi connectivity index (χ1n) is 7.24. The number of aromatic nitrogens is 2. The fourth-order valence-corrected chi connectivity index (χ4v) is 3.74. The number of hydrogen-bond acceptors (Lipinski definition) is 5. The lowest BCUT2D eigenvalue weighted by molar-refractivity contribution is 0.600. The highest BCUT2D eigenvalue weighted by Gasteiger charge is 2.20. The van der Waals surface area contributed by atoms with Gasteiger partial charge in [-0.3, -0.25) is 4.72 Å². The van der Waals surface area contributed by atoms with E-state index in [1.807, 2.05) is 27.1 Å². The summed E-state index contributed by atoms with van der Waals surface area (Å²) in [6.07, 6.45) is 0. The predicted molar refractivity (Wildman–Crippen MR) is 92.6 cm³/mol. The van der Waals surface area contributed by atoms with Gasteiger partial charge in [-0.05, 0) is 44.9 Å². The van der Waals surface area contributed by atoms with Crippen molar-refractivity contribution in [2.45, 2.75) is 32.6 Å². The van der Waals surface area contributed by atoms with E-state index in [2.05, 4.69) is 14.7 Å². The quantitative estimate of drug-likeness (QED) is 0.930. The molecule has 124 valence electrons. The van der Waals surface area contributed by atoms with Crippen molar-refractivity contribution in [2.24, 2.45) is 0 Å². The Morgan fingerprint density at radius 3 is 2.09 bits per heavy atom. The summed E-state index contributed by atoms with van der Waals surface area (Å²) in [6, 6.07) is 5.35. The number of sulfonamides is 1. The van der Waals surface area contributed by atoms with Gasteiger partial charge in [-0.1, -0.05) is 12.1 Å². The highest BCUT2D eigenvalue weighted by atomic mass is 32.2. The first-order valence-corrected chi connectivity index (χ1v) is 8.73. The molecule has 6 nitrogen and oxygen atoms in total. The average molecular weight is 334 g/mol. The maximum atomic E-state index is 12.7. The second kappa shape index (κ2) is 6.16. The predicted octanol–water partition coefficient (Wildman–Crippen LogP) is 2.58.